The minimum Gasteiger partial charge on any atom is -0.431 e. The minimum atomic E-state index is -4.90. The molecule has 2 aromatic carbocycles. The molecular formula is C26H25F3N3NaO3. The van der Waals surface area contributed by atoms with Gasteiger partial charge in [-0.05, 0) is 35.7 Å². The second-order valence-corrected chi connectivity index (χ2v) is 8.38. The summed E-state index contributed by atoms with van der Waals surface area (Å²) in [6.07, 6.45) is 1.77. The van der Waals surface area contributed by atoms with Gasteiger partial charge in [-0.2, -0.15) is 26.0 Å². The summed E-state index contributed by atoms with van der Waals surface area (Å²) < 4.78 is 45.1. The molecule has 0 radical (unpaired) electrons. The van der Waals surface area contributed by atoms with Gasteiger partial charge in [-0.3, -0.25) is 9.59 Å². The van der Waals surface area contributed by atoms with Crippen LogP contribution in [0.2, 0.25) is 0 Å². The summed E-state index contributed by atoms with van der Waals surface area (Å²) in [5.41, 5.74) is 1.30. The molecular weight excluding hydrogens is 482 g/mol. The van der Waals surface area contributed by atoms with E-state index in [2.05, 4.69) is 22.0 Å². The number of hydrogen-bond donors (Lipinski definition) is 2. The summed E-state index contributed by atoms with van der Waals surface area (Å²) in [5, 5.41) is 5.06. The number of benzene rings is 2. The number of oxazole rings is 1. The van der Waals surface area contributed by atoms with Gasteiger partial charge in [0.25, 0.3) is 5.91 Å². The molecule has 1 aromatic heterocycles. The van der Waals surface area contributed by atoms with Crippen LogP contribution in [0.5, 0.6) is 0 Å². The molecule has 36 heavy (non-hydrogen) atoms. The van der Waals surface area contributed by atoms with E-state index < -0.39 is 23.5 Å². The number of nitrogens with one attached hydrogen (secondary N) is 2. The third-order valence-electron chi connectivity index (χ3n) is 5.86. The molecule has 0 spiro atoms. The maximum atomic E-state index is 13.4. The number of anilines is 1. The van der Waals surface area contributed by atoms with E-state index in [0.29, 0.717) is 17.2 Å². The molecule has 1 saturated carbocycles. The Labute approximate surface area is 229 Å². The first-order valence-electron chi connectivity index (χ1n) is 11.4. The Morgan fingerprint density at radius 1 is 1.03 bits per heavy atom. The maximum Gasteiger partial charge on any atom is 1.00 e. The van der Waals surface area contributed by atoms with Crippen LogP contribution in [-0.4, -0.2) is 23.3 Å². The number of halogens is 3. The number of aromatic nitrogens is 1. The molecule has 184 valence electrons. The fourth-order valence-electron chi connectivity index (χ4n) is 4.07. The Bertz CT molecular complexity index is 1160. The van der Waals surface area contributed by atoms with Gasteiger partial charge in [-0.1, -0.05) is 43.2 Å². The van der Waals surface area contributed by atoms with Gasteiger partial charge in [0, 0.05) is 24.2 Å². The van der Waals surface area contributed by atoms with E-state index in [1.165, 1.54) is 17.7 Å². The fourth-order valence-corrected chi connectivity index (χ4v) is 4.07. The van der Waals surface area contributed by atoms with Crippen LogP contribution in [0.15, 0.2) is 59.0 Å². The van der Waals surface area contributed by atoms with Crippen molar-refractivity contribution in [3.63, 3.8) is 0 Å². The molecule has 10 heteroatoms. The quantitative estimate of drug-likeness (QED) is 0.381. The second-order valence-electron chi connectivity index (χ2n) is 8.38. The Hall–Kier alpha value is -2.62. The average molecular weight is 507 g/mol. The standard InChI is InChI=1S/C26H25F3N3O3.Na/c27-26(28,29)23-22(32-25(35-23)19-9-5-2-6-10-19)24(34)30-16-15-21(33)31-20-13-11-18(12-14-20)17-7-3-1-4-8-17;/h1-2,5-6,9-14,17H,3-4,7-8,15-16H2,(H,30,34)(H,31,33);/q-1;+1. The molecule has 1 fully saturated rings. The number of alkyl halides is 3. The zero-order valence-corrected chi connectivity index (χ0v) is 21.9. The summed E-state index contributed by atoms with van der Waals surface area (Å²) in [6, 6.07) is 15.7. The topological polar surface area (TPSA) is 84.2 Å². The van der Waals surface area contributed by atoms with Gasteiger partial charge in [-0.25, -0.2) is 4.98 Å². The van der Waals surface area contributed by atoms with E-state index in [4.69, 9.17) is 4.42 Å². The number of rotatable bonds is 7. The average Bonchev–Trinajstić information content (AvgIpc) is 3.32. The van der Waals surface area contributed by atoms with Crippen LogP contribution in [0.1, 0.15) is 59.8 Å². The van der Waals surface area contributed by atoms with E-state index in [-0.39, 0.29) is 54.3 Å². The Balaban J connectivity index is 0.00000361. The van der Waals surface area contributed by atoms with Crippen LogP contribution in [-0.2, 0) is 11.0 Å². The third-order valence-corrected chi connectivity index (χ3v) is 5.86. The molecule has 4 rings (SSSR count). The number of carbonyl (C=O) groups is 2. The summed E-state index contributed by atoms with van der Waals surface area (Å²) in [7, 11) is 0. The summed E-state index contributed by atoms with van der Waals surface area (Å²) >= 11 is 0. The van der Waals surface area contributed by atoms with Crippen LogP contribution in [0, 0.1) is 6.42 Å². The van der Waals surface area contributed by atoms with Crippen LogP contribution >= 0.6 is 0 Å². The van der Waals surface area contributed by atoms with Crippen molar-refractivity contribution < 1.29 is 56.7 Å². The molecule has 1 aliphatic carbocycles. The van der Waals surface area contributed by atoms with Crippen LogP contribution < -0.4 is 40.2 Å². The third kappa shape index (κ3) is 7.21. The zero-order chi connectivity index (χ0) is 24.8. The van der Waals surface area contributed by atoms with Gasteiger partial charge in [0.2, 0.25) is 17.6 Å². The van der Waals surface area contributed by atoms with Gasteiger partial charge < -0.3 is 21.5 Å². The predicted molar refractivity (Wildman–Crippen MR) is 124 cm³/mol. The van der Waals surface area contributed by atoms with Gasteiger partial charge in [0.15, 0.2) is 5.69 Å². The monoisotopic (exact) mass is 507 g/mol. The van der Waals surface area contributed by atoms with E-state index in [1.807, 2.05) is 24.3 Å². The van der Waals surface area contributed by atoms with Gasteiger partial charge >= 0.3 is 35.7 Å². The molecule has 1 aliphatic rings. The van der Waals surface area contributed by atoms with E-state index in [0.717, 1.165) is 25.7 Å². The molecule has 0 saturated heterocycles. The van der Waals surface area contributed by atoms with Crippen LogP contribution in [0.25, 0.3) is 11.5 Å². The number of carbonyl (C=O) groups excluding carboxylic acids is 2. The van der Waals surface area contributed by atoms with E-state index >= 15 is 0 Å². The predicted octanol–water partition coefficient (Wildman–Crippen LogP) is 2.98. The molecule has 2 amide bonds. The summed E-state index contributed by atoms with van der Waals surface area (Å²) in [5.74, 6) is -2.69. The van der Waals surface area contributed by atoms with Crippen molar-refractivity contribution in [2.45, 2.75) is 44.2 Å². The zero-order valence-electron chi connectivity index (χ0n) is 19.9. The first-order chi connectivity index (χ1) is 16.8. The van der Waals surface area contributed by atoms with Crippen molar-refractivity contribution in [2.75, 3.05) is 11.9 Å². The van der Waals surface area contributed by atoms with Crippen molar-refractivity contribution in [1.82, 2.24) is 10.3 Å². The second kappa shape index (κ2) is 12.6. The summed E-state index contributed by atoms with van der Waals surface area (Å²) in [6.45, 7) is -0.161. The molecule has 0 bridgehead atoms. The largest absolute Gasteiger partial charge is 1.00 e. The molecule has 0 unspecified atom stereocenters. The first kappa shape index (κ1) is 28.0. The molecule has 3 aromatic rings. The van der Waals surface area contributed by atoms with Crippen molar-refractivity contribution >= 4 is 17.5 Å². The Morgan fingerprint density at radius 2 is 1.69 bits per heavy atom. The van der Waals surface area contributed by atoms with Gasteiger partial charge in [0.05, 0.1) is 0 Å². The minimum absolute atomic E-state index is 0. The van der Waals surface area contributed by atoms with Crippen LogP contribution in [0.4, 0.5) is 18.9 Å². The maximum absolute atomic E-state index is 13.4. The number of amides is 2. The smallest absolute Gasteiger partial charge is 0.431 e. The van der Waals surface area contributed by atoms with Crippen molar-refractivity contribution in [2.24, 2.45) is 0 Å². The Morgan fingerprint density at radius 3 is 2.33 bits per heavy atom. The number of hydrogen-bond acceptors (Lipinski definition) is 4. The molecule has 2 N–H and O–H groups in total. The number of nitrogens with zero attached hydrogens (tertiary/aromatic N) is 1. The van der Waals surface area contributed by atoms with Gasteiger partial charge in [0.1, 0.15) is 0 Å². The van der Waals surface area contributed by atoms with Crippen molar-refractivity contribution in [3.05, 3.63) is 78.0 Å². The Kier molecular flexibility index (Phi) is 9.76. The molecule has 6 nitrogen and oxygen atoms in total. The van der Waals surface area contributed by atoms with Crippen molar-refractivity contribution in [3.8, 4) is 11.5 Å². The van der Waals surface area contributed by atoms with Crippen LogP contribution in [0.3, 0.4) is 0 Å². The van der Waals surface area contributed by atoms with Crippen molar-refractivity contribution in [1.29, 1.82) is 0 Å². The molecule has 0 aliphatic heterocycles. The van der Waals surface area contributed by atoms with Gasteiger partial charge in [-0.15, -0.1) is 0 Å². The summed E-state index contributed by atoms with van der Waals surface area (Å²) in [4.78, 5) is 28.4. The SMILES string of the molecule is O=C(CCNC(=O)c1nc(-c2ccccc2)oc1C(F)(F)F)Nc1ccc(C2CC[CH-]CC2)cc1.[Na+]. The normalized spacial score (nSPS) is 14.1. The molecule has 1 heterocycles. The first-order valence-corrected chi connectivity index (χ1v) is 11.4. The molecule has 0 atom stereocenters. The van der Waals surface area contributed by atoms with E-state index in [1.54, 1.807) is 18.2 Å². The fraction of sp³-hybridized carbons (Fsp3) is 0.308. The van der Waals surface area contributed by atoms with E-state index in [9.17, 15) is 22.8 Å².